The Balaban J connectivity index is 2.73. The van der Waals surface area contributed by atoms with Crippen LogP contribution >= 0.6 is 0 Å². The maximum Gasteiger partial charge on any atom is 0.245 e. The van der Waals surface area contributed by atoms with E-state index >= 15 is 0 Å². The number of carbonyl (C=O) groups excluding carboxylic acids is 2. The SMILES string of the molecule is CCOCCN1C(=O)C(C)NC(=O)C1CC(C)C. The van der Waals surface area contributed by atoms with Gasteiger partial charge in [0.15, 0.2) is 0 Å². The van der Waals surface area contributed by atoms with Crippen LogP contribution in [0.1, 0.15) is 34.1 Å². The molecule has 0 aromatic heterocycles. The number of nitrogens with zero attached hydrogens (tertiary/aromatic N) is 1. The number of hydrogen-bond acceptors (Lipinski definition) is 3. The summed E-state index contributed by atoms with van der Waals surface area (Å²) in [7, 11) is 0. The molecular formula is C13H24N2O3. The number of hydrogen-bond donors (Lipinski definition) is 1. The molecule has 0 aromatic rings. The minimum Gasteiger partial charge on any atom is -0.380 e. The zero-order chi connectivity index (χ0) is 13.7. The third kappa shape index (κ3) is 3.70. The van der Waals surface area contributed by atoms with Gasteiger partial charge < -0.3 is 15.0 Å². The maximum absolute atomic E-state index is 12.1. The van der Waals surface area contributed by atoms with Crippen LogP contribution in [0.25, 0.3) is 0 Å². The molecule has 1 rings (SSSR count). The van der Waals surface area contributed by atoms with Gasteiger partial charge in [-0.05, 0) is 26.2 Å². The molecule has 0 spiro atoms. The quantitative estimate of drug-likeness (QED) is 0.715. The first-order chi connectivity index (χ1) is 8.47. The fourth-order valence-electron chi connectivity index (χ4n) is 2.17. The zero-order valence-corrected chi connectivity index (χ0v) is 11.7. The first-order valence-corrected chi connectivity index (χ1v) is 6.66. The van der Waals surface area contributed by atoms with Gasteiger partial charge in [-0.3, -0.25) is 9.59 Å². The summed E-state index contributed by atoms with van der Waals surface area (Å²) in [5.41, 5.74) is 0. The Morgan fingerprint density at radius 2 is 2.06 bits per heavy atom. The highest BCUT2D eigenvalue weighted by molar-refractivity contribution is 5.96. The number of ether oxygens (including phenoxy) is 1. The van der Waals surface area contributed by atoms with Crippen molar-refractivity contribution in [2.24, 2.45) is 5.92 Å². The third-order valence-corrected chi connectivity index (χ3v) is 3.07. The van der Waals surface area contributed by atoms with Gasteiger partial charge in [-0.1, -0.05) is 13.8 Å². The second-order valence-corrected chi connectivity index (χ2v) is 5.10. The molecule has 5 nitrogen and oxygen atoms in total. The average Bonchev–Trinajstić information content (AvgIpc) is 2.29. The van der Waals surface area contributed by atoms with Gasteiger partial charge in [-0.2, -0.15) is 0 Å². The Hall–Kier alpha value is -1.10. The summed E-state index contributed by atoms with van der Waals surface area (Å²) in [4.78, 5) is 25.8. The molecule has 1 aliphatic rings. The number of piperazine rings is 1. The Bertz CT molecular complexity index is 305. The second kappa shape index (κ2) is 6.73. The second-order valence-electron chi connectivity index (χ2n) is 5.10. The minimum absolute atomic E-state index is 0.0139. The molecule has 0 aliphatic carbocycles. The van der Waals surface area contributed by atoms with Gasteiger partial charge in [-0.25, -0.2) is 0 Å². The van der Waals surface area contributed by atoms with E-state index in [2.05, 4.69) is 19.2 Å². The molecule has 0 radical (unpaired) electrons. The van der Waals surface area contributed by atoms with Crippen LogP contribution in [0, 0.1) is 5.92 Å². The van der Waals surface area contributed by atoms with E-state index in [1.54, 1.807) is 11.8 Å². The van der Waals surface area contributed by atoms with E-state index < -0.39 is 6.04 Å². The van der Waals surface area contributed by atoms with Crippen LogP contribution in [0.15, 0.2) is 0 Å². The van der Waals surface area contributed by atoms with Crippen LogP contribution in [0.3, 0.4) is 0 Å². The van der Waals surface area contributed by atoms with Crippen molar-refractivity contribution in [2.45, 2.75) is 46.2 Å². The molecule has 5 heteroatoms. The van der Waals surface area contributed by atoms with E-state index in [1.807, 2.05) is 6.92 Å². The fourth-order valence-corrected chi connectivity index (χ4v) is 2.17. The van der Waals surface area contributed by atoms with Crippen LogP contribution in [-0.2, 0) is 14.3 Å². The average molecular weight is 256 g/mol. The molecule has 2 unspecified atom stereocenters. The normalized spacial score (nSPS) is 24.6. The lowest BCUT2D eigenvalue weighted by molar-refractivity contribution is -0.150. The van der Waals surface area contributed by atoms with Crippen molar-refractivity contribution >= 4 is 11.8 Å². The zero-order valence-electron chi connectivity index (χ0n) is 11.7. The Kier molecular flexibility index (Phi) is 5.59. The van der Waals surface area contributed by atoms with Gasteiger partial charge >= 0.3 is 0 Å². The van der Waals surface area contributed by atoms with Gasteiger partial charge in [0.2, 0.25) is 11.8 Å². The lowest BCUT2D eigenvalue weighted by atomic mass is 9.98. The number of carbonyl (C=O) groups is 2. The predicted octanol–water partition coefficient (Wildman–Crippen LogP) is 0.784. The molecule has 1 N–H and O–H groups in total. The van der Waals surface area contributed by atoms with Gasteiger partial charge in [0.05, 0.1) is 6.61 Å². The number of rotatable bonds is 6. The van der Waals surface area contributed by atoms with E-state index in [-0.39, 0.29) is 17.9 Å². The van der Waals surface area contributed by atoms with Crippen molar-refractivity contribution < 1.29 is 14.3 Å². The summed E-state index contributed by atoms with van der Waals surface area (Å²) in [6, 6.07) is -0.781. The highest BCUT2D eigenvalue weighted by Crippen LogP contribution is 2.17. The lowest BCUT2D eigenvalue weighted by Crippen LogP contribution is -2.63. The standard InChI is InChI=1S/C13H24N2O3/c1-5-18-7-6-15-11(8-9(2)3)12(16)14-10(4)13(15)17/h9-11H,5-8H2,1-4H3,(H,14,16). The van der Waals surface area contributed by atoms with Crippen molar-refractivity contribution in [3.63, 3.8) is 0 Å². The molecule has 18 heavy (non-hydrogen) atoms. The molecule has 104 valence electrons. The van der Waals surface area contributed by atoms with E-state index in [0.29, 0.717) is 32.1 Å². The van der Waals surface area contributed by atoms with E-state index in [1.165, 1.54) is 0 Å². The molecule has 2 amide bonds. The summed E-state index contributed by atoms with van der Waals surface area (Å²) in [6.07, 6.45) is 0.691. The van der Waals surface area contributed by atoms with Crippen LogP contribution in [-0.4, -0.2) is 48.6 Å². The first kappa shape index (κ1) is 15.0. The number of amides is 2. The summed E-state index contributed by atoms with van der Waals surface area (Å²) in [5.74, 6) is 0.309. The van der Waals surface area contributed by atoms with E-state index in [0.717, 1.165) is 0 Å². The monoisotopic (exact) mass is 256 g/mol. The maximum atomic E-state index is 12.1. The smallest absolute Gasteiger partial charge is 0.245 e. The van der Waals surface area contributed by atoms with Gasteiger partial charge in [0.1, 0.15) is 12.1 Å². The summed E-state index contributed by atoms with van der Waals surface area (Å²) in [5, 5.41) is 2.73. The van der Waals surface area contributed by atoms with Gasteiger partial charge in [0.25, 0.3) is 0 Å². The van der Waals surface area contributed by atoms with Crippen LogP contribution in [0.5, 0.6) is 0 Å². The summed E-state index contributed by atoms with van der Waals surface area (Å²) in [6.45, 7) is 9.34. The molecule has 0 saturated carbocycles. The predicted molar refractivity (Wildman–Crippen MR) is 69.1 cm³/mol. The Morgan fingerprint density at radius 3 is 2.61 bits per heavy atom. The molecule has 1 heterocycles. The topological polar surface area (TPSA) is 58.6 Å². The fraction of sp³-hybridized carbons (Fsp3) is 0.846. The molecule has 2 atom stereocenters. The molecule has 0 aromatic carbocycles. The molecule has 1 aliphatic heterocycles. The number of nitrogens with one attached hydrogen (secondary N) is 1. The first-order valence-electron chi connectivity index (χ1n) is 6.66. The van der Waals surface area contributed by atoms with Crippen molar-refractivity contribution in [2.75, 3.05) is 19.8 Å². The highest BCUT2D eigenvalue weighted by Gasteiger charge is 2.38. The van der Waals surface area contributed by atoms with Gasteiger partial charge in [0, 0.05) is 13.2 Å². The Morgan fingerprint density at radius 1 is 1.39 bits per heavy atom. The van der Waals surface area contributed by atoms with Crippen LogP contribution < -0.4 is 5.32 Å². The summed E-state index contributed by atoms with van der Waals surface area (Å²) >= 11 is 0. The van der Waals surface area contributed by atoms with Crippen molar-refractivity contribution in [1.82, 2.24) is 10.2 Å². The van der Waals surface area contributed by atoms with Crippen molar-refractivity contribution in [3.8, 4) is 0 Å². The minimum atomic E-state index is -0.428. The van der Waals surface area contributed by atoms with Crippen LogP contribution in [0.2, 0.25) is 0 Å². The highest BCUT2D eigenvalue weighted by atomic mass is 16.5. The summed E-state index contributed by atoms with van der Waals surface area (Å²) < 4.78 is 5.28. The molecule has 1 fully saturated rings. The lowest BCUT2D eigenvalue weighted by Gasteiger charge is -2.38. The third-order valence-electron chi connectivity index (χ3n) is 3.07. The van der Waals surface area contributed by atoms with Crippen molar-refractivity contribution in [3.05, 3.63) is 0 Å². The Labute approximate surface area is 109 Å². The molecule has 1 saturated heterocycles. The van der Waals surface area contributed by atoms with Crippen LogP contribution in [0.4, 0.5) is 0 Å². The largest absolute Gasteiger partial charge is 0.380 e. The van der Waals surface area contributed by atoms with Crippen molar-refractivity contribution in [1.29, 1.82) is 0 Å². The van der Waals surface area contributed by atoms with Gasteiger partial charge in [-0.15, -0.1) is 0 Å². The molecular weight excluding hydrogens is 232 g/mol. The molecule has 0 bridgehead atoms. The van der Waals surface area contributed by atoms with E-state index in [4.69, 9.17) is 4.74 Å². The van der Waals surface area contributed by atoms with E-state index in [9.17, 15) is 9.59 Å².